The molecule has 1 amide bonds. The largest absolute Gasteiger partial charge is 0.497 e. The fraction of sp³-hybridized carbons (Fsp3) is 0.458. The first-order valence-corrected chi connectivity index (χ1v) is 10.6. The molecule has 2 aliphatic rings. The number of methoxy groups -OCH3 is 1. The van der Waals surface area contributed by atoms with Gasteiger partial charge < -0.3 is 20.1 Å². The van der Waals surface area contributed by atoms with Crippen molar-refractivity contribution in [3.8, 4) is 11.5 Å². The summed E-state index contributed by atoms with van der Waals surface area (Å²) in [5.74, 6) is 2.08. The Labute approximate surface area is 172 Å². The quantitative estimate of drug-likeness (QED) is 0.802. The summed E-state index contributed by atoms with van der Waals surface area (Å²) in [5.41, 5.74) is 8.42. The first-order valence-electron chi connectivity index (χ1n) is 10.6. The van der Waals surface area contributed by atoms with Crippen LogP contribution in [-0.2, 0) is 11.3 Å². The standard InChI is InChI=1S/C24H30N2O3/c1-28-19-10-11-23-20(15-19)22(12-13-29-23)26(16-17-6-3-2-4-7-17)24(27)14-18-8-5-9-21(18)25/h2-4,6-7,10-11,15,18,21-22H,5,8-9,12-14,16,25H2,1H3/t18-,21+,22?/m0/s1. The monoisotopic (exact) mass is 394 g/mol. The molecule has 29 heavy (non-hydrogen) atoms. The third kappa shape index (κ3) is 4.40. The van der Waals surface area contributed by atoms with E-state index in [4.69, 9.17) is 15.2 Å². The number of carbonyl (C=O) groups is 1. The number of hydrogen-bond donors (Lipinski definition) is 1. The zero-order chi connectivity index (χ0) is 20.2. The number of carbonyl (C=O) groups excluding carboxylic acids is 1. The van der Waals surface area contributed by atoms with E-state index in [2.05, 4.69) is 12.1 Å². The van der Waals surface area contributed by atoms with E-state index in [1.807, 2.05) is 41.3 Å². The highest BCUT2D eigenvalue weighted by Crippen LogP contribution is 2.40. The van der Waals surface area contributed by atoms with Crippen molar-refractivity contribution in [3.63, 3.8) is 0 Å². The van der Waals surface area contributed by atoms with Crippen LogP contribution in [0.15, 0.2) is 48.5 Å². The maximum absolute atomic E-state index is 13.5. The van der Waals surface area contributed by atoms with Gasteiger partial charge in [-0.05, 0) is 42.5 Å². The zero-order valence-electron chi connectivity index (χ0n) is 17.0. The van der Waals surface area contributed by atoms with Crippen LogP contribution >= 0.6 is 0 Å². The van der Waals surface area contributed by atoms with Crippen LogP contribution in [0.5, 0.6) is 11.5 Å². The topological polar surface area (TPSA) is 64.8 Å². The van der Waals surface area contributed by atoms with Crippen LogP contribution in [0.1, 0.15) is 49.3 Å². The summed E-state index contributed by atoms with van der Waals surface area (Å²) >= 11 is 0. The third-order valence-electron chi connectivity index (χ3n) is 6.27. The van der Waals surface area contributed by atoms with Crippen molar-refractivity contribution in [1.29, 1.82) is 0 Å². The lowest BCUT2D eigenvalue weighted by molar-refractivity contribution is -0.136. The Morgan fingerprint density at radius 3 is 2.72 bits per heavy atom. The molecule has 0 saturated heterocycles. The van der Waals surface area contributed by atoms with Gasteiger partial charge in [0.2, 0.25) is 5.91 Å². The van der Waals surface area contributed by atoms with Crippen LogP contribution in [0.3, 0.4) is 0 Å². The first-order chi connectivity index (χ1) is 14.2. The number of nitrogens with two attached hydrogens (primary N) is 1. The Morgan fingerprint density at radius 2 is 2.00 bits per heavy atom. The van der Waals surface area contributed by atoms with Gasteiger partial charge in [-0.25, -0.2) is 0 Å². The minimum Gasteiger partial charge on any atom is -0.497 e. The van der Waals surface area contributed by atoms with E-state index in [0.717, 1.165) is 48.3 Å². The fourth-order valence-electron chi connectivity index (χ4n) is 4.62. The third-order valence-corrected chi connectivity index (χ3v) is 6.27. The molecule has 1 aliphatic heterocycles. The van der Waals surface area contributed by atoms with Crippen molar-refractivity contribution >= 4 is 5.91 Å². The van der Waals surface area contributed by atoms with Crippen molar-refractivity contribution < 1.29 is 14.3 Å². The van der Waals surface area contributed by atoms with Gasteiger partial charge in [-0.2, -0.15) is 0 Å². The van der Waals surface area contributed by atoms with Gasteiger partial charge in [-0.3, -0.25) is 4.79 Å². The molecule has 4 rings (SSSR count). The SMILES string of the molecule is COc1ccc2c(c1)C(N(Cc1ccccc1)C(=O)C[C@@H]1CCC[C@H]1N)CCO2. The number of rotatable bonds is 6. The molecule has 0 aromatic heterocycles. The summed E-state index contributed by atoms with van der Waals surface area (Å²) in [6.45, 7) is 1.19. The van der Waals surface area contributed by atoms with E-state index >= 15 is 0 Å². The molecule has 2 N–H and O–H groups in total. The predicted molar refractivity (Wildman–Crippen MR) is 113 cm³/mol. The number of hydrogen-bond acceptors (Lipinski definition) is 4. The molecule has 1 heterocycles. The first kappa shape index (κ1) is 19.8. The minimum absolute atomic E-state index is 0.0285. The predicted octanol–water partition coefficient (Wildman–Crippen LogP) is 4.07. The van der Waals surface area contributed by atoms with Crippen LogP contribution in [0.4, 0.5) is 0 Å². The summed E-state index contributed by atoms with van der Waals surface area (Å²) in [7, 11) is 1.66. The molecular weight excluding hydrogens is 364 g/mol. The lowest BCUT2D eigenvalue weighted by Crippen LogP contribution is -2.39. The van der Waals surface area contributed by atoms with E-state index in [0.29, 0.717) is 19.6 Å². The van der Waals surface area contributed by atoms with Crippen LogP contribution in [-0.4, -0.2) is 30.6 Å². The molecule has 0 spiro atoms. The van der Waals surface area contributed by atoms with Gasteiger partial charge in [0, 0.05) is 31.0 Å². The van der Waals surface area contributed by atoms with E-state index in [1.54, 1.807) is 7.11 Å². The molecule has 5 heteroatoms. The summed E-state index contributed by atoms with van der Waals surface area (Å²) in [6.07, 6.45) is 4.48. The lowest BCUT2D eigenvalue weighted by Gasteiger charge is -2.37. The molecule has 154 valence electrons. The second-order valence-electron chi connectivity index (χ2n) is 8.12. The average Bonchev–Trinajstić information content (AvgIpc) is 3.16. The second kappa shape index (κ2) is 8.87. The maximum Gasteiger partial charge on any atom is 0.223 e. The highest BCUT2D eigenvalue weighted by Gasteiger charge is 2.34. The molecular formula is C24H30N2O3. The zero-order valence-corrected chi connectivity index (χ0v) is 17.0. The number of benzene rings is 2. The van der Waals surface area contributed by atoms with Crippen molar-refractivity contribution in [2.45, 2.75) is 50.7 Å². The molecule has 1 aliphatic carbocycles. The summed E-state index contributed by atoms with van der Waals surface area (Å²) in [4.78, 5) is 15.5. The second-order valence-corrected chi connectivity index (χ2v) is 8.12. The number of fused-ring (bicyclic) bond motifs is 1. The highest BCUT2D eigenvalue weighted by atomic mass is 16.5. The van der Waals surface area contributed by atoms with Crippen LogP contribution in [0.2, 0.25) is 0 Å². The van der Waals surface area contributed by atoms with E-state index in [-0.39, 0.29) is 23.9 Å². The van der Waals surface area contributed by atoms with Gasteiger partial charge in [0.05, 0.1) is 19.8 Å². The lowest BCUT2D eigenvalue weighted by atomic mass is 9.95. The Morgan fingerprint density at radius 1 is 1.17 bits per heavy atom. The van der Waals surface area contributed by atoms with Gasteiger partial charge in [-0.15, -0.1) is 0 Å². The molecule has 0 radical (unpaired) electrons. The smallest absolute Gasteiger partial charge is 0.223 e. The molecule has 1 unspecified atom stereocenters. The molecule has 1 saturated carbocycles. The van der Waals surface area contributed by atoms with Gasteiger partial charge >= 0.3 is 0 Å². The summed E-state index contributed by atoms with van der Waals surface area (Å²) in [6, 6.07) is 16.2. The van der Waals surface area contributed by atoms with Gasteiger partial charge in [0.1, 0.15) is 11.5 Å². The Balaban J connectivity index is 1.64. The summed E-state index contributed by atoms with van der Waals surface area (Å²) in [5, 5.41) is 0. The van der Waals surface area contributed by atoms with E-state index in [9.17, 15) is 4.79 Å². The minimum atomic E-state index is -0.0285. The average molecular weight is 395 g/mol. The van der Waals surface area contributed by atoms with Crippen molar-refractivity contribution in [2.75, 3.05) is 13.7 Å². The van der Waals surface area contributed by atoms with Gasteiger partial charge in [-0.1, -0.05) is 36.8 Å². The Bertz CT molecular complexity index is 839. The summed E-state index contributed by atoms with van der Waals surface area (Å²) < 4.78 is 11.3. The van der Waals surface area contributed by atoms with Crippen LogP contribution in [0.25, 0.3) is 0 Å². The molecule has 1 fully saturated rings. The van der Waals surface area contributed by atoms with Gasteiger partial charge in [0.25, 0.3) is 0 Å². The van der Waals surface area contributed by atoms with Crippen molar-refractivity contribution in [3.05, 3.63) is 59.7 Å². The molecule has 0 bridgehead atoms. The van der Waals surface area contributed by atoms with E-state index < -0.39 is 0 Å². The van der Waals surface area contributed by atoms with Crippen molar-refractivity contribution in [1.82, 2.24) is 4.90 Å². The molecule has 2 aromatic carbocycles. The molecule has 3 atom stereocenters. The van der Waals surface area contributed by atoms with Crippen LogP contribution in [0, 0.1) is 5.92 Å². The van der Waals surface area contributed by atoms with Crippen molar-refractivity contribution in [2.24, 2.45) is 11.7 Å². The Kier molecular flexibility index (Phi) is 6.05. The number of nitrogens with zero attached hydrogens (tertiary/aromatic N) is 1. The van der Waals surface area contributed by atoms with Gasteiger partial charge in [0.15, 0.2) is 0 Å². The van der Waals surface area contributed by atoms with E-state index in [1.165, 1.54) is 0 Å². The van der Waals surface area contributed by atoms with Crippen LogP contribution < -0.4 is 15.2 Å². The number of ether oxygens (including phenoxy) is 2. The Hall–Kier alpha value is -2.53. The fourth-order valence-corrected chi connectivity index (χ4v) is 4.62. The molecule has 2 aromatic rings. The maximum atomic E-state index is 13.5. The normalized spacial score (nSPS) is 23.2. The molecule has 5 nitrogen and oxygen atoms in total. The highest BCUT2D eigenvalue weighted by molar-refractivity contribution is 5.77. The number of amides is 1.